The molecule has 20 heavy (non-hydrogen) atoms. The number of benzene rings is 1. The maximum atomic E-state index is 12.3. The first kappa shape index (κ1) is 14.3. The first-order chi connectivity index (χ1) is 9.52. The van der Waals surface area contributed by atoms with Crippen LogP contribution in [0.15, 0.2) is 30.5 Å². The van der Waals surface area contributed by atoms with Gasteiger partial charge in [0.1, 0.15) is 0 Å². The summed E-state index contributed by atoms with van der Waals surface area (Å²) in [5.74, 6) is -0.242. The SMILES string of the molecule is CCc1cc(NC(=O)C(C)c2ccnn2C)ccc1C. The molecule has 1 heterocycles. The highest BCUT2D eigenvalue weighted by Crippen LogP contribution is 2.19. The van der Waals surface area contributed by atoms with E-state index in [-0.39, 0.29) is 11.8 Å². The Morgan fingerprint density at radius 1 is 1.40 bits per heavy atom. The maximum Gasteiger partial charge on any atom is 0.233 e. The summed E-state index contributed by atoms with van der Waals surface area (Å²) in [6.07, 6.45) is 2.67. The lowest BCUT2D eigenvalue weighted by atomic mass is 10.0. The van der Waals surface area contributed by atoms with Gasteiger partial charge in [0.15, 0.2) is 0 Å². The molecule has 1 amide bonds. The summed E-state index contributed by atoms with van der Waals surface area (Å²) < 4.78 is 1.73. The predicted molar refractivity (Wildman–Crippen MR) is 80.8 cm³/mol. The topological polar surface area (TPSA) is 46.9 Å². The minimum atomic E-state index is -0.228. The number of amides is 1. The molecular weight excluding hydrogens is 250 g/mol. The van der Waals surface area contributed by atoms with Gasteiger partial charge < -0.3 is 5.32 Å². The molecule has 4 nitrogen and oxygen atoms in total. The lowest BCUT2D eigenvalue weighted by molar-refractivity contribution is -0.117. The molecule has 0 aliphatic heterocycles. The van der Waals surface area contributed by atoms with E-state index in [1.54, 1.807) is 10.9 Å². The third-order valence-corrected chi connectivity index (χ3v) is 3.69. The molecule has 4 heteroatoms. The van der Waals surface area contributed by atoms with Crippen molar-refractivity contribution in [3.05, 3.63) is 47.3 Å². The largest absolute Gasteiger partial charge is 0.326 e. The Morgan fingerprint density at radius 3 is 2.75 bits per heavy atom. The Hall–Kier alpha value is -2.10. The Bertz CT molecular complexity index is 616. The molecule has 0 spiro atoms. The maximum absolute atomic E-state index is 12.3. The van der Waals surface area contributed by atoms with Gasteiger partial charge in [0.2, 0.25) is 5.91 Å². The zero-order chi connectivity index (χ0) is 14.7. The second-order valence-corrected chi connectivity index (χ2v) is 5.09. The van der Waals surface area contributed by atoms with Gasteiger partial charge in [-0.2, -0.15) is 5.10 Å². The standard InChI is InChI=1S/C16H21N3O/c1-5-13-10-14(7-6-11(13)2)18-16(20)12(3)15-8-9-17-19(15)4/h6-10,12H,5H2,1-4H3,(H,18,20). The van der Waals surface area contributed by atoms with Crippen LogP contribution in [0.1, 0.15) is 36.6 Å². The summed E-state index contributed by atoms with van der Waals surface area (Å²) in [4.78, 5) is 12.3. The number of anilines is 1. The van der Waals surface area contributed by atoms with Crippen molar-refractivity contribution in [2.24, 2.45) is 7.05 Å². The van der Waals surface area contributed by atoms with Gasteiger partial charge in [-0.3, -0.25) is 9.48 Å². The molecule has 0 saturated carbocycles. The van der Waals surface area contributed by atoms with Gasteiger partial charge in [0.25, 0.3) is 0 Å². The predicted octanol–water partition coefficient (Wildman–Crippen LogP) is 3.03. The summed E-state index contributed by atoms with van der Waals surface area (Å²) in [6, 6.07) is 7.91. The molecule has 0 radical (unpaired) electrons. The molecule has 1 aromatic heterocycles. The van der Waals surface area contributed by atoms with Gasteiger partial charge >= 0.3 is 0 Å². The molecule has 0 aliphatic carbocycles. The zero-order valence-electron chi connectivity index (χ0n) is 12.5. The van der Waals surface area contributed by atoms with Crippen molar-refractivity contribution in [1.82, 2.24) is 9.78 Å². The number of hydrogen-bond donors (Lipinski definition) is 1. The molecule has 2 rings (SSSR count). The molecule has 106 valence electrons. The van der Waals surface area contributed by atoms with Gasteiger partial charge in [0.05, 0.1) is 11.6 Å². The van der Waals surface area contributed by atoms with Crippen LogP contribution in [0, 0.1) is 6.92 Å². The second kappa shape index (κ2) is 5.90. The summed E-state index contributed by atoms with van der Waals surface area (Å²) >= 11 is 0. The molecule has 0 saturated heterocycles. The van der Waals surface area contributed by atoms with Crippen molar-refractivity contribution in [1.29, 1.82) is 0 Å². The normalized spacial score (nSPS) is 12.2. The number of aromatic nitrogens is 2. The number of aryl methyl sites for hydroxylation is 3. The van der Waals surface area contributed by atoms with E-state index >= 15 is 0 Å². The number of carbonyl (C=O) groups excluding carboxylic acids is 1. The van der Waals surface area contributed by atoms with E-state index in [1.165, 1.54) is 11.1 Å². The Morgan fingerprint density at radius 2 is 2.15 bits per heavy atom. The van der Waals surface area contributed by atoms with Crippen LogP contribution in [0.2, 0.25) is 0 Å². The highest BCUT2D eigenvalue weighted by atomic mass is 16.1. The third kappa shape index (κ3) is 2.90. The third-order valence-electron chi connectivity index (χ3n) is 3.69. The molecule has 0 bridgehead atoms. The monoisotopic (exact) mass is 271 g/mol. The van der Waals surface area contributed by atoms with Crippen LogP contribution in [0.4, 0.5) is 5.69 Å². The number of nitrogens with one attached hydrogen (secondary N) is 1. The fraction of sp³-hybridized carbons (Fsp3) is 0.375. The van der Waals surface area contributed by atoms with E-state index < -0.39 is 0 Å². The van der Waals surface area contributed by atoms with Gasteiger partial charge in [-0.05, 0) is 49.6 Å². The molecular formula is C16H21N3O. The Balaban J connectivity index is 2.14. The van der Waals surface area contributed by atoms with Gasteiger partial charge in [0, 0.05) is 18.9 Å². The molecule has 2 aromatic rings. The summed E-state index contributed by atoms with van der Waals surface area (Å²) in [7, 11) is 1.85. The van der Waals surface area contributed by atoms with E-state index in [0.717, 1.165) is 17.8 Å². The van der Waals surface area contributed by atoms with Crippen molar-refractivity contribution in [3.63, 3.8) is 0 Å². The molecule has 0 fully saturated rings. The minimum Gasteiger partial charge on any atom is -0.326 e. The van der Waals surface area contributed by atoms with Crippen molar-refractivity contribution >= 4 is 11.6 Å². The Kier molecular flexibility index (Phi) is 4.23. The fourth-order valence-electron chi connectivity index (χ4n) is 2.32. The summed E-state index contributed by atoms with van der Waals surface area (Å²) in [5, 5.41) is 7.08. The molecule has 1 N–H and O–H groups in total. The number of hydrogen-bond acceptors (Lipinski definition) is 2. The van der Waals surface area contributed by atoms with E-state index in [2.05, 4.69) is 24.3 Å². The van der Waals surface area contributed by atoms with E-state index in [4.69, 9.17) is 0 Å². The van der Waals surface area contributed by atoms with E-state index in [9.17, 15) is 4.79 Å². The summed E-state index contributed by atoms with van der Waals surface area (Å²) in [5.41, 5.74) is 4.28. The number of carbonyl (C=O) groups is 1. The van der Waals surface area contributed by atoms with Crippen molar-refractivity contribution in [3.8, 4) is 0 Å². The summed E-state index contributed by atoms with van der Waals surface area (Å²) in [6.45, 7) is 6.09. The number of nitrogens with zero attached hydrogens (tertiary/aromatic N) is 2. The molecule has 1 aromatic carbocycles. The number of rotatable bonds is 4. The lowest BCUT2D eigenvalue weighted by Gasteiger charge is -2.14. The Labute approximate surface area is 119 Å². The first-order valence-corrected chi connectivity index (χ1v) is 6.91. The van der Waals surface area contributed by atoms with Crippen molar-refractivity contribution in [2.75, 3.05) is 5.32 Å². The van der Waals surface area contributed by atoms with Crippen LogP contribution in [0.3, 0.4) is 0 Å². The van der Waals surface area contributed by atoms with Crippen LogP contribution in [-0.4, -0.2) is 15.7 Å². The molecule has 1 atom stereocenters. The van der Waals surface area contributed by atoms with Gasteiger partial charge in [-0.1, -0.05) is 13.0 Å². The fourth-order valence-corrected chi connectivity index (χ4v) is 2.32. The van der Waals surface area contributed by atoms with Crippen LogP contribution in [-0.2, 0) is 18.3 Å². The van der Waals surface area contributed by atoms with Crippen molar-refractivity contribution in [2.45, 2.75) is 33.1 Å². The van der Waals surface area contributed by atoms with Crippen LogP contribution in [0.25, 0.3) is 0 Å². The zero-order valence-corrected chi connectivity index (χ0v) is 12.5. The van der Waals surface area contributed by atoms with Crippen LogP contribution < -0.4 is 5.32 Å². The smallest absolute Gasteiger partial charge is 0.233 e. The minimum absolute atomic E-state index is 0.0143. The van der Waals surface area contributed by atoms with E-state index in [0.29, 0.717) is 0 Å². The second-order valence-electron chi connectivity index (χ2n) is 5.09. The molecule has 1 unspecified atom stereocenters. The molecule has 0 aliphatic rings. The average molecular weight is 271 g/mol. The van der Waals surface area contributed by atoms with E-state index in [1.807, 2.05) is 38.2 Å². The van der Waals surface area contributed by atoms with Gasteiger partial charge in [-0.25, -0.2) is 0 Å². The highest BCUT2D eigenvalue weighted by molar-refractivity contribution is 5.95. The first-order valence-electron chi connectivity index (χ1n) is 6.91. The van der Waals surface area contributed by atoms with Gasteiger partial charge in [-0.15, -0.1) is 0 Å². The quantitative estimate of drug-likeness (QED) is 0.929. The van der Waals surface area contributed by atoms with Crippen LogP contribution in [0.5, 0.6) is 0 Å². The van der Waals surface area contributed by atoms with Crippen LogP contribution >= 0.6 is 0 Å². The highest BCUT2D eigenvalue weighted by Gasteiger charge is 2.18. The van der Waals surface area contributed by atoms with Crippen molar-refractivity contribution < 1.29 is 4.79 Å². The average Bonchev–Trinajstić information content (AvgIpc) is 2.86. The lowest BCUT2D eigenvalue weighted by Crippen LogP contribution is -2.21.